The van der Waals surface area contributed by atoms with Crippen molar-refractivity contribution in [2.45, 2.75) is 19.0 Å². The van der Waals surface area contributed by atoms with Gasteiger partial charge >= 0.3 is 6.18 Å². The van der Waals surface area contributed by atoms with E-state index < -0.39 is 24.5 Å². The number of nitrogens with zero attached hydrogens (tertiary/aromatic N) is 1. The SMILES string of the molecule is NC(=NO)C(CNCCNC(=O)C1CC1)C(F)(F)F. The fraction of sp³-hybridized carbons (Fsp3) is 0.800. The molecule has 5 N–H and O–H groups in total. The maximum Gasteiger partial charge on any atom is 0.400 e. The zero-order valence-electron chi connectivity index (χ0n) is 10.2. The van der Waals surface area contributed by atoms with Gasteiger partial charge in [-0.3, -0.25) is 4.79 Å². The van der Waals surface area contributed by atoms with Gasteiger partial charge in [-0.05, 0) is 12.8 Å². The van der Waals surface area contributed by atoms with Gasteiger partial charge in [-0.2, -0.15) is 13.2 Å². The highest BCUT2D eigenvalue weighted by atomic mass is 19.4. The molecule has 0 aliphatic heterocycles. The number of alkyl halides is 3. The standard InChI is InChI=1S/C10H17F3N4O2/c11-10(12,13)7(8(14)17-19)5-15-3-4-16-9(18)6-1-2-6/h6-7,15,19H,1-5H2,(H2,14,17)(H,16,18). The van der Waals surface area contributed by atoms with Crippen LogP contribution in [0.5, 0.6) is 0 Å². The minimum absolute atomic E-state index is 0.0643. The second-order valence-corrected chi connectivity index (χ2v) is 4.39. The Morgan fingerprint density at radius 3 is 2.53 bits per heavy atom. The van der Waals surface area contributed by atoms with Gasteiger partial charge in [-0.1, -0.05) is 5.16 Å². The number of hydrogen-bond acceptors (Lipinski definition) is 4. The molecule has 110 valence electrons. The van der Waals surface area contributed by atoms with E-state index >= 15 is 0 Å². The molecule has 1 atom stereocenters. The molecule has 0 saturated heterocycles. The van der Waals surface area contributed by atoms with E-state index in [1.54, 1.807) is 0 Å². The molecular weight excluding hydrogens is 265 g/mol. The summed E-state index contributed by atoms with van der Waals surface area (Å²) in [5.74, 6) is -2.93. The molecule has 0 spiro atoms. The molecule has 0 aromatic carbocycles. The number of nitrogens with two attached hydrogens (primary N) is 1. The number of hydrogen-bond donors (Lipinski definition) is 4. The van der Waals surface area contributed by atoms with Gasteiger partial charge in [0.1, 0.15) is 5.92 Å². The van der Waals surface area contributed by atoms with Crippen LogP contribution in [0.3, 0.4) is 0 Å². The largest absolute Gasteiger partial charge is 0.409 e. The maximum absolute atomic E-state index is 12.5. The van der Waals surface area contributed by atoms with E-state index in [1.807, 2.05) is 0 Å². The number of carbonyl (C=O) groups excluding carboxylic acids is 1. The summed E-state index contributed by atoms with van der Waals surface area (Å²) in [5, 5.41) is 15.8. The number of amides is 1. The second kappa shape index (κ2) is 6.60. The summed E-state index contributed by atoms with van der Waals surface area (Å²) >= 11 is 0. The lowest BCUT2D eigenvalue weighted by atomic mass is 10.1. The Balaban J connectivity index is 2.22. The van der Waals surface area contributed by atoms with Crippen molar-refractivity contribution in [3.63, 3.8) is 0 Å². The molecule has 19 heavy (non-hydrogen) atoms. The molecule has 0 aromatic rings. The minimum atomic E-state index is -4.58. The molecule has 1 saturated carbocycles. The van der Waals surface area contributed by atoms with Crippen LogP contribution in [0, 0.1) is 11.8 Å². The van der Waals surface area contributed by atoms with Crippen molar-refractivity contribution in [3.8, 4) is 0 Å². The highest BCUT2D eigenvalue weighted by molar-refractivity contribution is 5.83. The van der Waals surface area contributed by atoms with Crippen molar-refractivity contribution in [3.05, 3.63) is 0 Å². The van der Waals surface area contributed by atoms with Crippen LogP contribution in [0.15, 0.2) is 5.16 Å². The van der Waals surface area contributed by atoms with E-state index in [-0.39, 0.29) is 24.9 Å². The number of oxime groups is 1. The molecule has 0 heterocycles. The molecule has 1 rings (SSSR count). The third-order valence-corrected chi connectivity index (χ3v) is 2.77. The van der Waals surface area contributed by atoms with Crippen LogP contribution in [-0.2, 0) is 4.79 Å². The summed E-state index contributed by atoms with van der Waals surface area (Å²) in [4.78, 5) is 11.2. The van der Waals surface area contributed by atoms with Crippen molar-refractivity contribution in [1.82, 2.24) is 10.6 Å². The van der Waals surface area contributed by atoms with Crippen molar-refractivity contribution < 1.29 is 23.2 Å². The highest BCUT2D eigenvalue weighted by Gasteiger charge is 2.42. The zero-order chi connectivity index (χ0) is 14.5. The fourth-order valence-corrected chi connectivity index (χ4v) is 1.47. The van der Waals surface area contributed by atoms with Gasteiger partial charge in [0, 0.05) is 25.6 Å². The Morgan fingerprint density at radius 2 is 2.05 bits per heavy atom. The van der Waals surface area contributed by atoms with Gasteiger partial charge in [-0.25, -0.2) is 0 Å². The molecule has 0 aromatic heterocycles. The first-order valence-electron chi connectivity index (χ1n) is 5.88. The summed E-state index contributed by atoms with van der Waals surface area (Å²) in [6.07, 6.45) is -2.83. The van der Waals surface area contributed by atoms with Gasteiger partial charge in [0.25, 0.3) is 0 Å². The first-order chi connectivity index (χ1) is 8.86. The summed E-state index contributed by atoms with van der Waals surface area (Å²) in [6.45, 7) is -0.0709. The predicted octanol–water partition coefficient (Wildman–Crippen LogP) is 0.0271. The monoisotopic (exact) mass is 282 g/mol. The molecular formula is C10H17F3N4O2. The topological polar surface area (TPSA) is 99.7 Å². The minimum Gasteiger partial charge on any atom is -0.409 e. The zero-order valence-corrected chi connectivity index (χ0v) is 10.2. The normalized spacial score (nSPS) is 18.2. The highest BCUT2D eigenvalue weighted by Crippen LogP contribution is 2.28. The van der Waals surface area contributed by atoms with E-state index in [0.717, 1.165) is 12.8 Å². The lowest BCUT2D eigenvalue weighted by molar-refractivity contribution is -0.154. The van der Waals surface area contributed by atoms with E-state index in [0.29, 0.717) is 0 Å². The molecule has 1 amide bonds. The Bertz CT molecular complexity index is 342. The third-order valence-electron chi connectivity index (χ3n) is 2.77. The van der Waals surface area contributed by atoms with Crippen LogP contribution < -0.4 is 16.4 Å². The smallest absolute Gasteiger partial charge is 0.400 e. The summed E-state index contributed by atoms with van der Waals surface area (Å²) < 4.78 is 37.6. The van der Waals surface area contributed by atoms with E-state index in [1.165, 1.54) is 0 Å². The van der Waals surface area contributed by atoms with E-state index in [9.17, 15) is 18.0 Å². The number of nitrogens with one attached hydrogen (secondary N) is 2. The summed E-state index contributed by atoms with van der Waals surface area (Å²) in [7, 11) is 0. The number of amidine groups is 1. The van der Waals surface area contributed by atoms with Crippen LogP contribution in [-0.4, -0.2) is 42.8 Å². The predicted molar refractivity (Wildman–Crippen MR) is 61.6 cm³/mol. The lowest BCUT2D eigenvalue weighted by Crippen LogP contribution is -2.44. The van der Waals surface area contributed by atoms with Gasteiger partial charge in [-0.15, -0.1) is 0 Å². The quantitative estimate of drug-likeness (QED) is 0.174. The Hall–Kier alpha value is -1.51. The molecule has 1 aliphatic rings. The van der Waals surface area contributed by atoms with Gasteiger partial charge < -0.3 is 21.6 Å². The molecule has 1 fully saturated rings. The van der Waals surface area contributed by atoms with Crippen molar-refractivity contribution >= 4 is 11.7 Å². The number of rotatable bonds is 7. The average molecular weight is 282 g/mol. The Morgan fingerprint density at radius 1 is 1.42 bits per heavy atom. The van der Waals surface area contributed by atoms with Crippen LogP contribution in [0.4, 0.5) is 13.2 Å². The maximum atomic E-state index is 12.5. The van der Waals surface area contributed by atoms with Crippen molar-refractivity contribution in [2.75, 3.05) is 19.6 Å². The van der Waals surface area contributed by atoms with Crippen LogP contribution in [0.1, 0.15) is 12.8 Å². The van der Waals surface area contributed by atoms with Crippen LogP contribution >= 0.6 is 0 Å². The van der Waals surface area contributed by atoms with Crippen LogP contribution in [0.2, 0.25) is 0 Å². The average Bonchev–Trinajstić information content (AvgIpc) is 3.14. The van der Waals surface area contributed by atoms with E-state index in [4.69, 9.17) is 10.9 Å². The van der Waals surface area contributed by atoms with Gasteiger partial charge in [0.2, 0.25) is 5.91 Å². The van der Waals surface area contributed by atoms with Gasteiger partial charge in [0.05, 0.1) is 0 Å². The lowest BCUT2D eigenvalue weighted by Gasteiger charge is -2.19. The van der Waals surface area contributed by atoms with Crippen molar-refractivity contribution in [1.29, 1.82) is 0 Å². The van der Waals surface area contributed by atoms with Crippen molar-refractivity contribution in [2.24, 2.45) is 22.7 Å². The van der Waals surface area contributed by atoms with E-state index in [2.05, 4.69) is 15.8 Å². The third kappa shape index (κ3) is 5.33. The molecule has 0 bridgehead atoms. The fourth-order valence-electron chi connectivity index (χ4n) is 1.47. The Kier molecular flexibility index (Phi) is 5.40. The molecule has 0 radical (unpaired) electrons. The summed E-state index contributed by atoms with van der Waals surface area (Å²) in [6, 6.07) is 0. The molecule has 6 nitrogen and oxygen atoms in total. The first-order valence-corrected chi connectivity index (χ1v) is 5.88. The molecule has 1 aliphatic carbocycles. The number of carbonyl (C=O) groups is 1. The summed E-state index contributed by atoms with van der Waals surface area (Å²) in [5.41, 5.74) is 4.98. The van der Waals surface area contributed by atoms with Crippen LogP contribution in [0.25, 0.3) is 0 Å². The Labute approximate surface area is 108 Å². The molecule has 9 heteroatoms. The first kappa shape index (κ1) is 15.5. The molecule has 1 unspecified atom stereocenters. The number of halogens is 3. The second-order valence-electron chi connectivity index (χ2n) is 4.39. The van der Waals surface area contributed by atoms with Gasteiger partial charge in [0.15, 0.2) is 5.84 Å².